The molecule has 1 aromatic carbocycles. The molecule has 0 atom stereocenters. The van der Waals surface area contributed by atoms with Crippen molar-refractivity contribution in [1.82, 2.24) is 5.32 Å². The monoisotopic (exact) mass is 208 g/mol. The van der Waals surface area contributed by atoms with E-state index in [1.54, 1.807) is 0 Å². The molecular formula is C10H12N2OS. The molecule has 0 aliphatic heterocycles. The van der Waals surface area contributed by atoms with Crippen molar-refractivity contribution in [1.29, 1.82) is 0 Å². The minimum atomic E-state index is -0.171. The zero-order chi connectivity index (χ0) is 10.6. The quantitative estimate of drug-likeness (QED) is 0.692. The first-order valence-corrected chi connectivity index (χ1v) is 4.64. The van der Waals surface area contributed by atoms with E-state index in [1.807, 2.05) is 31.2 Å². The number of rotatable bonds is 1. The molecule has 0 spiro atoms. The second-order valence-corrected chi connectivity index (χ2v) is 3.41. The molecule has 2 N–H and O–H groups in total. The van der Waals surface area contributed by atoms with Crippen LogP contribution >= 0.6 is 12.2 Å². The molecule has 0 radical (unpaired) electrons. The Morgan fingerprint density at radius 1 is 1.43 bits per heavy atom. The van der Waals surface area contributed by atoms with Gasteiger partial charge in [0, 0.05) is 12.6 Å². The molecule has 0 saturated carbocycles. The molecule has 4 heteroatoms. The van der Waals surface area contributed by atoms with E-state index < -0.39 is 0 Å². The van der Waals surface area contributed by atoms with Crippen LogP contribution in [0.5, 0.6) is 0 Å². The largest absolute Gasteiger partial charge is 0.332 e. The van der Waals surface area contributed by atoms with Crippen molar-refractivity contribution < 1.29 is 4.79 Å². The zero-order valence-electron chi connectivity index (χ0n) is 8.13. The molecule has 14 heavy (non-hydrogen) atoms. The van der Waals surface area contributed by atoms with E-state index in [9.17, 15) is 4.79 Å². The van der Waals surface area contributed by atoms with E-state index >= 15 is 0 Å². The summed E-state index contributed by atoms with van der Waals surface area (Å²) < 4.78 is 0. The first-order valence-electron chi connectivity index (χ1n) is 4.23. The maximum atomic E-state index is 10.7. The second-order valence-electron chi connectivity index (χ2n) is 3.00. The number of benzene rings is 1. The van der Waals surface area contributed by atoms with Gasteiger partial charge in [-0.25, -0.2) is 0 Å². The predicted octanol–water partition coefficient (Wildman–Crippen LogP) is 1.83. The molecule has 74 valence electrons. The highest BCUT2D eigenvalue weighted by molar-refractivity contribution is 7.80. The molecule has 1 aromatic rings. The van der Waals surface area contributed by atoms with E-state index in [2.05, 4.69) is 10.6 Å². The van der Waals surface area contributed by atoms with Crippen LogP contribution in [0.1, 0.15) is 12.5 Å². The highest BCUT2D eigenvalue weighted by Crippen LogP contribution is 2.08. The maximum absolute atomic E-state index is 10.7. The topological polar surface area (TPSA) is 41.1 Å². The second kappa shape index (κ2) is 4.72. The molecule has 0 heterocycles. The molecule has 0 aromatic heterocycles. The van der Waals surface area contributed by atoms with Crippen LogP contribution in [0.25, 0.3) is 0 Å². The third-order valence-electron chi connectivity index (χ3n) is 1.57. The van der Waals surface area contributed by atoms with Crippen molar-refractivity contribution in [2.45, 2.75) is 13.8 Å². The number of carbonyl (C=O) groups is 1. The summed E-state index contributed by atoms with van der Waals surface area (Å²) in [6.07, 6.45) is 0. The van der Waals surface area contributed by atoms with E-state index in [0.717, 1.165) is 11.3 Å². The lowest BCUT2D eigenvalue weighted by atomic mass is 10.2. The van der Waals surface area contributed by atoms with Gasteiger partial charge in [-0.05, 0) is 36.8 Å². The minimum absolute atomic E-state index is 0.171. The van der Waals surface area contributed by atoms with Gasteiger partial charge >= 0.3 is 0 Å². The molecule has 0 saturated heterocycles. The van der Waals surface area contributed by atoms with E-state index in [1.165, 1.54) is 6.92 Å². The van der Waals surface area contributed by atoms with Gasteiger partial charge in [-0.1, -0.05) is 12.1 Å². The van der Waals surface area contributed by atoms with Crippen molar-refractivity contribution in [3.05, 3.63) is 29.8 Å². The van der Waals surface area contributed by atoms with Gasteiger partial charge in [-0.2, -0.15) is 0 Å². The highest BCUT2D eigenvalue weighted by Gasteiger charge is 1.98. The lowest BCUT2D eigenvalue weighted by Crippen LogP contribution is -2.32. The fraction of sp³-hybridized carbons (Fsp3) is 0.200. The Labute approximate surface area is 88.5 Å². The number of hydrogen-bond donors (Lipinski definition) is 2. The first-order chi connectivity index (χ1) is 6.58. The number of nitrogens with one attached hydrogen (secondary N) is 2. The van der Waals surface area contributed by atoms with E-state index in [0.29, 0.717) is 5.11 Å². The van der Waals surface area contributed by atoms with E-state index in [4.69, 9.17) is 12.2 Å². The van der Waals surface area contributed by atoms with Crippen LogP contribution in [0, 0.1) is 6.92 Å². The molecule has 1 amide bonds. The summed E-state index contributed by atoms with van der Waals surface area (Å²) in [6.45, 7) is 3.41. The first kappa shape index (κ1) is 10.7. The number of amides is 1. The molecule has 0 fully saturated rings. The third-order valence-corrected chi connectivity index (χ3v) is 1.77. The van der Waals surface area contributed by atoms with Gasteiger partial charge in [-0.3, -0.25) is 4.79 Å². The molecular weight excluding hydrogens is 196 g/mol. The van der Waals surface area contributed by atoms with Gasteiger partial charge in [0.1, 0.15) is 0 Å². The number of carbonyl (C=O) groups excluding carboxylic acids is 1. The molecule has 0 unspecified atom stereocenters. The Kier molecular flexibility index (Phi) is 3.59. The Morgan fingerprint density at radius 2 is 2.14 bits per heavy atom. The lowest BCUT2D eigenvalue weighted by molar-refractivity contribution is -0.117. The summed E-state index contributed by atoms with van der Waals surface area (Å²) in [5.41, 5.74) is 2.02. The van der Waals surface area contributed by atoms with Gasteiger partial charge in [0.05, 0.1) is 0 Å². The van der Waals surface area contributed by atoms with Gasteiger partial charge in [0.15, 0.2) is 5.11 Å². The van der Waals surface area contributed by atoms with Crippen molar-refractivity contribution in [2.24, 2.45) is 0 Å². The summed E-state index contributed by atoms with van der Waals surface area (Å²) in [7, 11) is 0. The third kappa shape index (κ3) is 3.53. The Bertz CT molecular complexity index is 363. The number of anilines is 1. The van der Waals surface area contributed by atoms with E-state index in [-0.39, 0.29) is 5.91 Å². The zero-order valence-corrected chi connectivity index (χ0v) is 8.94. The average molecular weight is 208 g/mol. The summed E-state index contributed by atoms with van der Waals surface area (Å²) in [5, 5.41) is 5.73. The van der Waals surface area contributed by atoms with Crippen molar-refractivity contribution in [3.63, 3.8) is 0 Å². The molecule has 0 aliphatic carbocycles. The van der Waals surface area contributed by atoms with Crippen LogP contribution < -0.4 is 10.6 Å². The minimum Gasteiger partial charge on any atom is -0.332 e. The van der Waals surface area contributed by atoms with Gasteiger partial charge < -0.3 is 10.6 Å². The average Bonchev–Trinajstić information content (AvgIpc) is 2.01. The van der Waals surface area contributed by atoms with Crippen LogP contribution in [0.4, 0.5) is 5.69 Å². The molecule has 3 nitrogen and oxygen atoms in total. The standard InChI is InChI=1S/C10H12N2OS/c1-7-4-3-5-9(6-7)12-10(14)11-8(2)13/h3-6H,1-2H3,(H2,11,12,13,14). The van der Waals surface area contributed by atoms with Gasteiger partial charge in [-0.15, -0.1) is 0 Å². The Hall–Kier alpha value is -1.42. The molecule has 0 aliphatic rings. The number of aryl methyl sites for hydroxylation is 1. The van der Waals surface area contributed by atoms with Crippen LogP contribution in [0.2, 0.25) is 0 Å². The van der Waals surface area contributed by atoms with Gasteiger partial charge in [0.25, 0.3) is 0 Å². The highest BCUT2D eigenvalue weighted by atomic mass is 32.1. The van der Waals surface area contributed by atoms with Crippen LogP contribution in [-0.2, 0) is 4.79 Å². The Balaban J connectivity index is 2.60. The summed E-state index contributed by atoms with van der Waals surface area (Å²) >= 11 is 4.91. The van der Waals surface area contributed by atoms with Crippen molar-refractivity contribution in [2.75, 3.05) is 5.32 Å². The fourth-order valence-electron chi connectivity index (χ4n) is 1.05. The summed E-state index contributed by atoms with van der Waals surface area (Å²) in [5.74, 6) is -0.171. The summed E-state index contributed by atoms with van der Waals surface area (Å²) in [4.78, 5) is 10.7. The lowest BCUT2D eigenvalue weighted by Gasteiger charge is -2.07. The summed E-state index contributed by atoms with van der Waals surface area (Å²) in [6, 6.07) is 7.76. The van der Waals surface area contributed by atoms with Crippen molar-refractivity contribution >= 4 is 28.9 Å². The molecule has 0 bridgehead atoms. The van der Waals surface area contributed by atoms with Crippen molar-refractivity contribution in [3.8, 4) is 0 Å². The Morgan fingerprint density at radius 3 is 2.71 bits per heavy atom. The molecule has 1 rings (SSSR count). The van der Waals surface area contributed by atoms with Crippen LogP contribution in [0.3, 0.4) is 0 Å². The maximum Gasteiger partial charge on any atom is 0.222 e. The SMILES string of the molecule is CC(=O)NC(=S)Nc1cccc(C)c1. The normalized spacial score (nSPS) is 9.29. The predicted molar refractivity (Wildman–Crippen MR) is 61.2 cm³/mol. The van der Waals surface area contributed by atoms with Crippen LogP contribution in [0.15, 0.2) is 24.3 Å². The fourth-order valence-corrected chi connectivity index (χ4v) is 1.31. The number of thiocarbonyl (C=S) groups is 1. The smallest absolute Gasteiger partial charge is 0.222 e. The number of hydrogen-bond acceptors (Lipinski definition) is 2. The van der Waals surface area contributed by atoms with Gasteiger partial charge in [0.2, 0.25) is 5.91 Å². The van der Waals surface area contributed by atoms with Crippen LogP contribution in [-0.4, -0.2) is 11.0 Å².